The number of nitrogens with two attached hydrogens (primary N) is 1. The number of carboxylic acids is 1. The number of hydrogen-bond donors (Lipinski definition) is 2. The second kappa shape index (κ2) is 4.95. The molecular weight excluding hydrogens is 237 g/mol. The van der Waals surface area contributed by atoms with Crippen LogP contribution in [0.1, 0.15) is 28.9 Å². The molecule has 2 rings (SSSR count). The van der Waals surface area contributed by atoms with Crippen molar-refractivity contribution in [2.45, 2.75) is 18.9 Å². The summed E-state index contributed by atoms with van der Waals surface area (Å²) in [5.41, 5.74) is 5.63. The molecule has 18 heavy (non-hydrogen) atoms. The fourth-order valence-corrected chi connectivity index (χ4v) is 1.39. The summed E-state index contributed by atoms with van der Waals surface area (Å²) >= 11 is 0. The van der Waals surface area contributed by atoms with E-state index in [1.165, 1.54) is 12.4 Å². The first-order valence-corrected chi connectivity index (χ1v) is 5.46. The molecule has 0 aliphatic heterocycles. The first-order chi connectivity index (χ1) is 8.61. The number of rotatable bonds is 4. The minimum absolute atomic E-state index is 0.0919. The van der Waals surface area contributed by atoms with Crippen LogP contribution in [0, 0.1) is 5.82 Å². The maximum Gasteiger partial charge on any atom is 0.354 e. The van der Waals surface area contributed by atoms with Crippen molar-refractivity contribution >= 4 is 17.8 Å². The van der Waals surface area contributed by atoms with Crippen LogP contribution in [0.15, 0.2) is 23.5 Å². The Kier molecular flexibility index (Phi) is 3.36. The highest BCUT2D eigenvalue weighted by atomic mass is 19.1. The van der Waals surface area contributed by atoms with Crippen molar-refractivity contribution in [3.05, 3.63) is 35.5 Å². The summed E-state index contributed by atoms with van der Waals surface area (Å²) in [4.78, 5) is 18.4. The summed E-state index contributed by atoms with van der Waals surface area (Å²) in [6.07, 6.45) is 5.59. The van der Waals surface area contributed by atoms with E-state index in [1.807, 2.05) is 0 Å². The minimum atomic E-state index is -1.22. The van der Waals surface area contributed by atoms with Gasteiger partial charge < -0.3 is 10.8 Å². The molecule has 0 bridgehead atoms. The second-order valence-corrected chi connectivity index (χ2v) is 3.99. The summed E-state index contributed by atoms with van der Waals surface area (Å²) in [7, 11) is 0. The average Bonchev–Trinajstić information content (AvgIpc) is 3.15. The van der Waals surface area contributed by atoms with Crippen LogP contribution in [0.5, 0.6) is 0 Å². The number of nitrogens with zero attached hydrogens (tertiary/aromatic N) is 2. The van der Waals surface area contributed by atoms with Gasteiger partial charge in [0, 0.05) is 23.6 Å². The highest BCUT2D eigenvalue weighted by Crippen LogP contribution is 2.24. The van der Waals surface area contributed by atoms with Gasteiger partial charge in [0.2, 0.25) is 0 Å². The summed E-state index contributed by atoms with van der Waals surface area (Å²) < 4.78 is 13.6. The van der Waals surface area contributed by atoms with Crippen LogP contribution in [0.25, 0.3) is 5.57 Å². The molecule has 6 heteroatoms. The summed E-state index contributed by atoms with van der Waals surface area (Å²) in [6, 6.07) is 1.43. The fraction of sp³-hybridized carbons (Fsp3) is 0.250. The lowest BCUT2D eigenvalue weighted by Crippen LogP contribution is -2.04. The molecule has 3 N–H and O–H groups in total. The SMILES string of the molecule is N/C=C(\C=NC1CC1)c1cc(C(=O)O)ncc1F. The predicted molar refractivity (Wildman–Crippen MR) is 64.8 cm³/mol. The molecule has 0 amide bonds. The quantitative estimate of drug-likeness (QED) is 0.790. The molecule has 1 aromatic rings. The normalized spacial score (nSPS) is 16.2. The van der Waals surface area contributed by atoms with E-state index in [2.05, 4.69) is 9.98 Å². The maximum atomic E-state index is 13.6. The van der Waals surface area contributed by atoms with Crippen LogP contribution in [-0.2, 0) is 0 Å². The van der Waals surface area contributed by atoms with Crippen molar-refractivity contribution in [2.75, 3.05) is 0 Å². The Morgan fingerprint density at radius 3 is 2.89 bits per heavy atom. The number of aromatic carboxylic acids is 1. The van der Waals surface area contributed by atoms with Gasteiger partial charge >= 0.3 is 5.97 Å². The molecule has 1 aromatic heterocycles. The van der Waals surface area contributed by atoms with Gasteiger partial charge in [-0.25, -0.2) is 14.2 Å². The summed E-state index contributed by atoms with van der Waals surface area (Å²) in [6.45, 7) is 0. The van der Waals surface area contributed by atoms with Gasteiger partial charge in [-0.15, -0.1) is 0 Å². The maximum absolute atomic E-state index is 13.6. The zero-order valence-corrected chi connectivity index (χ0v) is 9.51. The molecule has 0 aromatic carbocycles. The first-order valence-electron chi connectivity index (χ1n) is 5.46. The molecule has 0 atom stereocenters. The Bertz CT molecular complexity index is 536. The number of pyridine rings is 1. The second-order valence-electron chi connectivity index (χ2n) is 3.99. The van der Waals surface area contributed by atoms with Gasteiger partial charge in [-0.2, -0.15) is 0 Å². The number of carboxylic acid groups (broad SMARTS) is 1. The van der Waals surface area contributed by atoms with Crippen molar-refractivity contribution in [3.63, 3.8) is 0 Å². The number of aliphatic imine (C=N–C) groups is 1. The fourth-order valence-electron chi connectivity index (χ4n) is 1.39. The first kappa shape index (κ1) is 12.2. The van der Waals surface area contributed by atoms with E-state index in [0.717, 1.165) is 25.1 Å². The minimum Gasteiger partial charge on any atom is -0.477 e. The van der Waals surface area contributed by atoms with Crippen molar-refractivity contribution in [3.8, 4) is 0 Å². The smallest absolute Gasteiger partial charge is 0.354 e. The molecular formula is C12H12FN3O2. The van der Waals surface area contributed by atoms with Gasteiger partial charge in [0.1, 0.15) is 11.5 Å². The lowest BCUT2D eigenvalue weighted by Gasteiger charge is -2.04. The predicted octanol–water partition coefficient (Wildman–Crippen LogP) is 1.45. The number of carbonyl (C=O) groups is 1. The highest BCUT2D eigenvalue weighted by Gasteiger charge is 2.19. The standard InChI is InChI=1S/C12H12FN3O2/c13-10-6-16-11(12(17)18)3-9(10)7(4-14)5-15-8-1-2-8/h3-6,8H,1-2,14H2,(H,17,18)/b7-4+,15-5?. The van der Waals surface area contributed by atoms with Crippen LogP contribution in [0.3, 0.4) is 0 Å². The van der Waals surface area contributed by atoms with Crippen LogP contribution in [-0.4, -0.2) is 28.3 Å². The molecule has 1 heterocycles. The zero-order chi connectivity index (χ0) is 13.1. The molecule has 1 aliphatic carbocycles. The van der Waals surface area contributed by atoms with Gasteiger partial charge in [0.25, 0.3) is 0 Å². The van der Waals surface area contributed by atoms with E-state index < -0.39 is 11.8 Å². The topological polar surface area (TPSA) is 88.6 Å². The lowest BCUT2D eigenvalue weighted by molar-refractivity contribution is 0.0690. The van der Waals surface area contributed by atoms with E-state index in [0.29, 0.717) is 5.57 Å². The van der Waals surface area contributed by atoms with Crippen LogP contribution in [0.4, 0.5) is 4.39 Å². The van der Waals surface area contributed by atoms with E-state index in [9.17, 15) is 9.18 Å². The van der Waals surface area contributed by atoms with Crippen molar-refractivity contribution in [1.82, 2.24) is 4.98 Å². The van der Waals surface area contributed by atoms with Crippen molar-refractivity contribution < 1.29 is 14.3 Å². The number of hydrogen-bond acceptors (Lipinski definition) is 4. The van der Waals surface area contributed by atoms with E-state index in [4.69, 9.17) is 10.8 Å². The van der Waals surface area contributed by atoms with Gasteiger partial charge in [-0.1, -0.05) is 0 Å². The lowest BCUT2D eigenvalue weighted by atomic mass is 10.1. The van der Waals surface area contributed by atoms with Crippen LogP contribution < -0.4 is 5.73 Å². The van der Waals surface area contributed by atoms with Gasteiger partial charge in [-0.05, 0) is 18.9 Å². The molecule has 0 unspecified atom stereocenters. The van der Waals surface area contributed by atoms with Crippen molar-refractivity contribution in [2.24, 2.45) is 10.7 Å². The van der Waals surface area contributed by atoms with E-state index in [1.54, 1.807) is 0 Å². The monoisotopic (exact) mass is 249 g/mol. The highest BCUT2D eigenvalue weighted by molar-refractivity contribution is 6.10. The Morgan fingerprint density at radius 2 is 2.33 bits per heavy atom. The molecule has 1 saturated carbocycles. The summed E-state index contributed by atoms with van der Waals surface area (Å²) in [5, 5.41) is 8.81. The Morgan fingerprint density at radius 1 is 1.61 bits per heavy atom. The third-order valence-corrected chi connectivity index (χ3v) is 2.54. The Hall–Kier alpha value is -2.24. The van der Waals surface area contributed by atoms with Crippen LogP contribution >= 0.6 is 0 Å². The van der Waals surface area contributed by atoms with Crippen molar-refractivity contribution in [1.29, 1.82) is 0 Å². The third-order valence-electron chi connectivity index (χ3n) is 2.54. The van der Waals surface area contributed by atoms with Gasteiger partial charge in [0.15, 0.2) is 0 Å². The molecule has 0 saturated heterocycles. The van der Waals surface area contributed by atoms with Gasteiger partial charge in [-0.3, -0.25) is 4.99 Å². The molecule has 1 fully saturated rings. The average molecular weight is 249 g/mol. The Balaban J connectivity index is 2.34. The number of aromatic nitrogens is 1. The number of halogens is 1. The van der Waals surface area contributed by atoms with Crippen LogP contribution in [0.2, 0.25) is 0 Å². The zero-order valence-electron chi connectivity index (χ0n) is 9.51. The summed E-state index contributed by atoms with van der Waals surface area (Å²) in [5.74, 6) is -1.84. The van der Waals surface area contributed by atoms with E-state index >= 15 is 0 Å². The Labute approximate surface area is 103 Å². The third kappa shape index (κ3) is 2.71. The molecule has 5 nitrogen and oxygen atoms in total. The molecule has 0 radical (unpaired) electrons. The molecule has 0 spiro atoms. The van der Waals surface area contributed by atoms with Gasteiger partial charge in [0.05, 0.1) is 12.2 Å². The number of allylic oxidation sites excluding steroid dienone is 1. The largest absolute Gasteiger partial charge is 0.477 e. The molecule has 1 aliphatic rings. The molecule has 94 valence electrons. The van der Waals surface area contributed by atoms with E-state index in [-0.39, 0.29) is 17.3 Å².